The van der Waals surface area contributed by atoms with Crippen LogP contribution in [0.3, 0.4) is 0 Å². The summed E-state index contributed by atoms with van der Waals surface area (Å²) in [7, 11) is 0. The number of piperidine rings is 1. The van der Waals surface area contributed by atoms with Crippen LogP contribution < -0.4 is 0 Å². The molecule has 0 amide bonds. The Hall–Kier alpha value is -1.68. The monoisotopic (exact) mass is 289 g/mol. The van der Waals surface area contributed by atoms with Gasteiger partial charge in [0.25, 0.3) is 0 Å². The minimum Gasteiger partial charge on any atom is -0.465 e. The fourth-order valence-corrected chi connectivity index (χ4v) is 2.83. The van der Waals surface area contributed by atoms with Crippen molar-refractivity contribution in [2.45, 2.75) is 39.3 Å². The highest BCUT2D eigenvalue weighted by Gasteiger charge is 2.46. The van der Waals surface area contributed by atoms with Gasteiger partial charge < -0.3 is 4.74 Å². The Morgan fingerprint density at radius 1 is 1.33 bits per heavy atom. The van der Waals surface area contributed by atoms with Crippen LogP contribution in [-0.2, 0) is 20.9 Å². The molecule has 1 saturated heterocycles. The first-order valence-corrected chi connectivity index (χ1v) is 7.46. The molecule has 0 radical (unpaired) electrons. The van der Waals surface area contributed by atoms with Crippen LogP contribution in [0, 0.1) is 5.92 Å². The molecule has 1 aliphatic heterocycles. The molecule has 114 valence electrons. The average Bonchev–Trinajstić information content (AvgIpc) is 2.46. The van der Waals surface area contributed by atoms with E-state index >= 15 is 0 Å². The SMILES string of the molecule is CCOC(=O)[C@@H]1CCN(Cc2ccccc2)C(C)(C)C1=O. The minimum atomic E-state index is -0.647. The lowest BCUT2D eigenvalue weighted by Gasteiger charge is -2.43. The summed E-state index contributed by atoms with van der Waals surface area (Å²) >= 11 is 0. The Kier molecular flexibility index (Phi) is 4.78. The number of esters is 1. The zero-order chi connectivity index (χ0) is 15.5. The van der Waals surface area contributed by atoms with Gasteiger partial charge in [0.15, 0.2) is 5.78 Å². The summed E-state index contributed by atoms with van der Waals surface area (Å²) in [5.41, 5.74) is 0.527. The van der Waals surface area contributed by atoms with Gasteiger partial charge in [0, 0.05) is 13.1 Å². The van der Waals surface area contributed by atoms with Gasteiger partial charge in [-0.15, -0.1) is 0 Å². The molecule has 0 unspecified atom stereocenters. The van der Waals surface area contributed by atoms with Crippen molar-refractivity contribution in [3.63, 3.8) is 0 Å². The number of likely N-dealkylation sites (tertiary alicyclic amines) is 1. The van der Waals surface area contributed by atoms with Crippen LogP contribution in [-0.4, -0.2) is 35.3 Å². The molecule has 0 N–H and O–H groups in total. The molecule has 0 bridgehead atoms. The van der Waals surface area contributed by atoms with Crippen molar-refractivity contribution in [2.75, 3.05) is 13.2 Å². The van der Waals surface area contributed by atoms with Crippen LogP contribution in [0.4, 0.5) is 0 Å². The van der Waals surface area contributed by atoms with E-state index in [0.29, 0.717) is 13.0 Å². The van der Waals surface area contributed by atoms with Crippen molar-refractivity contribution in [1.82, 2.24) is 4.90 Å². The van der Waals surface area contributed by atoms with Gasteiger partial charge in [-0.25, -0.2) is 0 Å². The van der Waals surface area contributed by atoms with Crippen LogP contribution in [0.2, 0.25) is 0 Å². The maximum absolute atomic E-state index is 12.6. The minimum absolute atomic E-state index is 0.0388. The van der Waals surface area contributed by atoms with Gasteiger partial charge in [-0.1, -0.05) is 30.3 Å². The average molecular weight is 289 g/mol. The highest BCUT2D eigenvalue weighted by molar-refractivity contribution is 6.04. The van der Waals surface area contributed by atoms with Crippen molar-refractivity contribution >= 4 is 11.8 Å². The lowest BCUT2D eigenvalue weighted by Crippen LogP contribution is -2.58. The second-order valence-electron chi connectivity index (χ2n) is 5.92. The lowest BCUT2D eigenvalue weighted by atomic mass is 9.81. The highest BCUT2D eigenvalue weighted by atomic mass is 16.5. The third-order valence-corrected chi connectivity index (χ3v) is 4.19. The number of benzene rings is 1. The lowest BCUT2D eigenvalue weighted by molar-refractivity contribution is -0.158. The third-order valence-electron chi connectivity index (χ3n) is 4.19. The van der Waals surface area contributed by atoms with Crippen LogP contribution in [0.5, 0.6) is 0 Å². The first kappa shape index (κ1) is 15.7. The summed E-state index contributed by atoms with van der Waals surface area (Å²) < 4.78 is 5.02. The predicted molar refractivity (Wildman–Crippen MR) is 80.7 cm³/mol. The number of hydrogen-bond acceptors (Lipinski definition) is 4. The van der Waals surface area contributed by atoms with Crippen LogP contribution in [0.15, 0.2) is 30.3 Å². The Morgan fingerprint density at radius 3 is 2.62 bits per heavy atom. The fraction of sp³-hybridized carbons (Fsp3) is 0.529. The standard InChI is InChI=1S/C17H23NO3/c1-4-21-16(20)14-10-11-18(17(2,3)15(14)19)12-13-8-6-5-7-9-13/h5-9,14H,4,10-12H2,1-3H3/t14-/m1/s1. The zero-order valence-corrected chi connectivity index (χ0v) is 13.0. The zero-order valence-electron chi connectivity index (χ0n) is 13.0. The Bertz CT molecular complexity index is 510. The third kappa shape index (κ3) is 3.32. The molecule has 1 aromatic rings. The molecule has 4 nitrogen and oxygen atoms in total. The number of carbonyl (C=O) groups is 2. The van der Waals surface area contributed by atoms with Gasteiger partial charge in [-0.3, -0.25) is 14.5 Å². The van der Waals surface area contributed by atoms with Crippen LogP contribution in [0.1, 0.15) is 32.8 Å². The van der Waals surface area contributed by atoms with E-state index in [1.807, 2.05) is 32.0 Å². The maximum Gasteiger partial charge on any atom is 0.316 e. The van der Waals surface area contributed by atoms with Crippen LogP contribution in [0.25, 0.3) is 0 Å². The van der Waals surface area contributed by atoms with Gasteiger partial charge >= 0.3 is 5.97 Å². The molecule has 4 heteroatoms. The number of ketones is 1. The highest BCUT2D eigenvalue weighted by Crippen LogP contribution is 2.30. The summed E-state index contributed by atoms with van der Waals surface area (Å²) in [6.45, 7) is 7.30. The maximum atomic E-state index is 12.6. The molecule has 1 aromatic carbocycles. The summed E-state index contributed by atoms with van der Waals surface area (Å²) in [6, 6.07) is 10.1. The molecular formula is C17H23NO3. The van der Waals surface area contributed by atoms with Crippen molar-refractivity contribution in [3.8, 4) is 0 Å². The molecule has 1 heterocycles. The second-order valence-corrected chi connectivity index (χ2v) is 5.92. The number of ether oxygens (including phenoxy) is 1. The molecule has 0 aromatic heterocycles. The van der Waals surface area contributed by atoms with Crippen molar-refractivity contribution < 1.29 is 14.3 Å². The van der Waals surface area contributed by atoms with E-state index in [1.54, 1.807) is 6.92 Å². The quantitative estimate of drug-likeness (QED) is 0.631. The summed E-state index contributed by atoms with van der Waals surface area (Å²) in [5, 5.41) is 0. The molecule has 1 fully saturated rings. The first-order valence-electron chi connectivity index (χ1n) is 7.46. The Morgan fingerprint density at radius 2 is 2.00 bits per heavy atom. The molecule has 1 atom stereocenters. The number of hydrogen-bond donors (Lipinski definition) is 0. The van der Waals surface area contributed by atoms with Crippen LogP contribution >= 0.6 is 0 Å². The number of nitrogens with zero attached hydrogens (tertiary/aromatic N) is 1. The topological polar surface area (TPSA) is 46.6 Å². The van der Waals surface area contributed by atoms with Crippen molar-refractivity contribution in [1.29, 1.82) is 0 Å². The van der Waals surface area contributed by atoms with Crippen molar-refractivity contribution in [2.24, 2.45) is 5.92 Å². The van der Waals surface area contributed by atoms with Gasteiger partial charge in [0.05, 0.1) is 12.1 Å². The number of Topliss-reactive ketones (excluding diaryl/α,β-unsaturated/α-hetero) is 1. The van der Waals surface area contributed by atoms with Gasteiger partial charge in [-0.05, 0) is 32.8 Å². The molecular weight excluding hydrogens is 266 g/mol. The van der Waals surface area contributed by atoms with Gasteiger partial charge in [0.1, 0.15) is 5.92 Å². The summed E-state index contributed by atoms with van der Waals surface area (Å²) in [4.78, 5) is 26.7. The van der Waals surface area contributed by atoms with Crippen molar-refractivity contribution in [3.05, 3.63) is 35.9 Å². The largest absolute Gasteiger partial charge is 0.465 e. The van der Waals surface area contributed by atoms with E-state index in [2.05, 4.69) is 17.0 Å². The Balaban J connectivity index is 2.11. The molecule has 2 rings (SSSR count). The van der Waals surface area contributed by atoms with E-state index in [9.17, 15) is 9.59 Å². The van der Waals surface area contributed by atoms with E-state index in [1.165, 1.54) is 5.56 Å². The van der Waals surface area contributed by atoms with Gasteiger partial charge in [-0.2, -0.15) is 0 Å². The normalized spacial score (nSPS) is 22.0. The fourth-order valence-electron chi connectivity index (χ4n) is 2.83. The molecule has 0 aliphatic carbocycles. The van der Waals surface area contributed by atoms with E-state index in [4.69, 9.17) is 4.74 Å². The van der Waals surface area contributed by atoms with Gasteiger partial charge in [0.2, 0.25) is 0 Å². The van der Waals surface area contributed by atoms with E-state index in [0.717, 1.165) is 13.1 Å². The number of rotatable bonds is 4. The van der Waals surface area contributed by atoms with E-state index in [-0.39, 0.29) is 11.8 Å². The Labute approximate surface area is 126 Å². The number of carbonyl (C=O) groups excluding carboxylic acids is 2. The predicted octanol–water partition coefficient (Wildman–Crippen LogP) is 2.42. The molecule has 21 heavy (non-hydrogen) atoms. The summed E-state index contributed by atoms with van der Waals surface area (Å²) in [6.07, 6.45) is 0.536. The van der Waals surface area contributed by atoms with E-state index < -0.39 is 11.5 Å². The molecule has 0 saturated carbocycles. The first-order chi connectivity index (χ1) is 9.96. The second kappa shape index (κ2) is 6.39. The summed E-state index contributed by atoms with van der Waals surface area (Å²) in [5.74, 6) is -1.04. The smallest absolute Gasteiger partial charge is 0.316 e. The molecule has 0 spiro atoms. The molecule has 1 aliphatic rings.